The number of hydrogen-bond acceptors (Lipinski definition) is 4. The molecular weight excluding hydrogens is 315 g/mol. The van der Waals surface area contributed by atoms with Crippen LogP contribution in [0.15, 0.2) is 48.5 Å². The Morgan fingerprint density at radius 3 is 1.33 bits per heavy atom. The van der Waals surface area contributed by atoms with E-state index in [9.17, 15) is 0 Å². The van der Waals surface area contributed by atoms with Crippen molar-refractivity contribution in [1.29, 1.82) is 0 Å². The molecule has 2 aromatic carbocycles. The van der Waals surface area contributed by atoms with Gasteiger partial charge in [-0.25, -0.2) is 0 Å². The Hall–Kier alpha value is -1.30. The fourth-order valence-corrected chi connectivity index (χ4v) is 1.45. The van der Waals surface area contributed by atoms with E-state index in [0.717, 1.165) is 11.5 Å². The maximum atomic E-state index is 8.17. The van der Waals surface area contributed by atoms with Crippen molar-refractivity contribution in [2.45, 2.75) is 6.10 Å². The molecule has 0 spiro atoms. The molecule has 0 heterocycles. The predicted molar refractivity (Wildman–Crippen MR) is 83.2 cm³/mol. The van der Waals surface area contributed by atoms with Crippen LogP contribution in [0, 0.1) is 0 Å². The maximum absolute atomic E-state index is 8.17. The van der Waals surface area contributed by atoms with Crippen LogP contribution in [0.3, 0.4) is 0 Å². The van der Waals surface area contributed by atoms with Crippen LogP contribution < -0.4 is 4.74 Å². The van der Waals surface area contributed by atoms with E-state index in [4.69, 9.17) is 43.3 Å². The van der Waals surface area contributed by atoms with Crippen molar-refractivity contribution in [3.63, 3.8) is 0 Å². The summed E-state index contributed by atoms with van der Waals surface area (Å²) < 4.78 is 5.57. The molecule has 4 nitrogen and oxygen atoms in total. The molecule has 0 fully saturated rings. The largest absolute Gasteiger partial charge is 0.457 e. The van der Waals surface area contributed by atoms with Crippen LogP contribution in [0.5, 0.6) is 11.5 Å². The molecule has 0 radical (unpaired) electrons. The second kappa shape index (κ2) is 9.60. The molecule has 0 bridgehead atoms. The molecule has 0 aromatic heterocycles. The summed E-state index contributed by atoms with van der Waals surface area (Å²) >= 11 is 11.5. The number of rotatable bonds is 4. The minimum absolute atomic E-state index is 0.365. The second-order valence-electron chi connectivity index (χ2n) is 4.03. The zero-order valence-electron chi connectivity index (χ0n) is 11.1. The highest BCUT2D eigenvalue weighted by molar-refractivity contribution is 6.30. The van der Waals surface area contributed by atoms with Crippen LogP contribution >= 0.6 is 23.2 Å². The van der Waals surface area contributed by atoms with E-state index in [1.165, 1.54) is 0 Å². The van der Waals surface area contributed by atoms with Crippen molar-refractivity contribution < 1.29 is 20.1 Å². The Bertz CT molecular complexity index is 467. The summed E-state index contributed by atoms with van der Waals surface area (Å²) in [5.74, 6) is 1.50. The number of hydrogen-bond donors (Lipinski definition) is 3. The lowest BCUT2D eigenvalue weighted by Crippen LogP contribution is -2.15. The van der Waals surface area contributed by atoms with Crippen LogP contribution in [0.25, 0.3) is 0 Å². The maximum Gasteiger partial charge on any atom is 0.127 e. The molecule has 114 valence electrons. The number of aliphatic hydroxyl groups excluding tert-OH is 3. The highest BCUT2D eigenvalue weighted by atomic mass is 35.5. The molecule has 0 aliphatic heterocycles. The number of aliphatic hydroxyl groups is 3. The second-order valence-corrected chi connectivity index (χ2v) is 4.90. The third kappa shape index (κ3) is 7.32. The van der Waals surface area contributed by atoms with Crippen LogP contribution in [-0.2, 0) is 0 Å². The molecule has 0 saturated heterocycles. The van der Waals surface area contributed by atoms with E-state index in [-0.39, 0.29) is 13.2 Å². The Balaban J connectivity index is 0.000000315. The monoisotopic (exact) mass is 330 g/mol. The van der Waals surface area contributed by atoms with Gasteiger partial charge < -0.3 is 20.1 Å². The normalized spacial score (nSPS) is 10.0. The summed E-state index contributed by atoms with van der Waals surface area (Å²) in [6, 6.07) is 14.4. The topological polar surface area (TPSA) is 69.9 Å². The quantitative estimate of drug-likeness (QED) is 0.805. The van der Waals surface area contributed by atoms with Crippen molar-refractivity contribution in [1.82, 2.24) is 0 Å². The minimum Gasteiger partial charge on any atom is -0.457 e. The lowest BCUT2D eigenvalue weighted by molar-refractivity contribution is 0.0450. The summed E-state index contributed by atoms with van der Waals surface area (Å²) in [7, 11) is 0. The SMILES string of the molecule is Clc1ccc(Oc2ccc(Cl)cc2)cc1.OCC(O)CO. The van der Waals surface area contributed by atoms with Gasteiger partial charge in [0.2, 0.25) is 0 Å². The Kier molecular flexibility index (Phi) is 8.12. The fraction of sp³-hybridized carbons (Fsp3) is 0.200. The summed E-state index contributed by atoms with van der Waals surface area (Å²) in [6.45, 7) is -0.729. The van der Waals surface area contributed by atoms with Gasteiger partial charge in [0.15, 0.2) is 0 Å². The zero-order chi connectivity index (χ0) is 15.7. The molecule has 3 N–H and O–H groups in total. The molecule has 0 aliphatic rings. The van der Waals surface area contributed by atoms with Gasteiger partial charge in [-0.15, -0.1) is 0 Å². The Labute approximate surface area is 133 Å². The van der Waals surface area contributed by atoms with Crippen LogP contribution in [0.4, 0.5) is 0 Å². The van der Waals surface area contributed by atoms with Gasteiger partial charge in [0, 0.05) is 10.0 Å². The fourth-order valence-electron chi connectivity index (χ4n) is 1.20. The molecule has 2 rings (SSSR count). The third-order valence-corrected chi connectivity index (χ3v) is 2.79. The number of benzene rings is 2. The highest BCUT2D eigenvalue weighted by Crippen LogP contribution is 2.24. The molecule has 21 heavy (non-hydrogen) atoms. The van der Waals surface area contributed by atoms with Gasteiger partial charge in [0.1, 0.15) is 17.6 Å². The first-order valence-corrected chi connectivity index (χ1v) is 6.89. The molecule has 0 atom stereocenters. The number of ether oxygens (including phenoxy) is 1. The van der Waals surface area contributed by atoms with Gasteiger partial charge in [-0.2, -0.15) is 0 Å². The molecular formula is C15H16Cl2O4. The van der Waals surface area contributed by atoms with Gasteiger partial charge in [0.25, 0.3) is 0 Å². The third-order valence-electron chi connectivity index (χ3n) is 2.28. The summed E-state index contributed by atoms with van der Waals surface area (Å²) in [6.07, 6.45) is -0.954. The summed E-state index contributed by atoms with van der Waals surface area (Å²) in [5.41, 5.74) is 0. The van der Waals surface area contributed by atoms with Gasteiger partial charge in [-0.05, 0) is 48.5 Å². The van der Waals surface area contributed by atoms with Crippen molar-refractivity contribution in [2.24, 2.45) is 0 Å². The Morgan fingerprint density at radius 2 is 1.10 bits per heavy atom. The molecule has 0 saturated carbocycles. The van der Waals surface area contributed by atoms with Crippen molar-refractivity contribution in [3.8, 4) is 11.5 Å². The van der Waals surface area contributed by atoms with Crippen LogP contribution in [0.1, 0.15) is 0 Å². The predicted octanol–water partition coefficient (Wildman–Crippen LogP) is 3.12. The van der Waals surface area contributed by atoms with Crippen LogP contribution in [-0.4, -0.2) is 34.6 Å². The Morgan fingerprint density at radius 1 is 0.762 bits per heavy atom. The van der Waals surface area contributed by atoms with Gasteiger partial charge >= 0.3 is 0 Å². The van der Waals surface area contributed by atoms with Gasteiger partial charge in [0.05, 0.1) is 13.2 Å². The first kappa shape index (κ1) is 17.8. The molecule has 6 heteroatoms. The smallest absolute Gasteiger partial charge is 0.127 e. The molecule has 2 aromatic rings. The minimum atomic E-state index is -0.954. The average molecular weight is 331 g/mol. The number of halogens is 2. The van der Waals surface area contributed by atoms with E-state index in [1.54, 1.807) is 24.3 Å². The summed E-state index contributed by atoms with van der Waals surface area (Å²) in [5, 5.41) is 25.4. The van der Waals surface area contributed by atoms with E-state index in [1.807, 2.05) is 24.3 Å². The first-order chi connectivity index (χ1) is 10.0. The summed E-state index contributed by atoms with van der Waals surface area (Å²) in [4.78, 5) is 0. The van der Waals surface area contributed by atoms with E-state index >= 15 is 0 Å². The molecule has 0 amide bonds. The lowest BCUT2D eigenvalue weighted by Gasteiger charge is -2.05. The van der Waals surface area contributed by atoms with Gasteiger partial charge in [-0.3, -0.25) is 0 Å². The average Bonchev–Trinajstić information content (AvgIpc) is 2.51. The van der Waals surface area contributed by atoms with Gasteiger partial charge in [-0.1, -0.05) is 23.2 Å². The standard InChI is InChI=1S/C12H8Cl2O.C3H8O3/c13-9-1-5-11(6-2-9)15-12-7-3-10(14)4-8-12;4-1-3(6)2-5/h1-8H;3-6H,1-2H2. The zero-order valence-corrected chi connectivity index (χ0v) is 12.6. The van der Waals surface area contributed by atoms with E-state index in [0.29, 0.717) is 10.0 Å². The first-order valence-electron chi connectivity index (χ1n) is 6.14. The van der Waals surface area contributed by atoms with Crippen molar-refractivity contribution in [2.75, 3.05) is 13.2 Å². The molecule has 0 aliphatic carbocycles. The van der Waals surface area contributed by atoms with Crippen molar-refractivity contribution >= 4 is 23.2 Å². The lowest BCUT2D eigenvalue weighted by atomic mass is 10.3. The van der Waals surface area contributed by atoms with E-state index in [2.05, 4.69) is 0 Å². The molecule has 0 unspecified atom stereocenters. The van der Waals surface area contributed by atoms with E-state index < -0.39 is 6.10 Å². The van der Waals surface area contributed by atoms with Crippen molar-refractivity contribution in [3.05, 3.63) is 58.6 Å². The highest BCUT2D eigenvalue weighted by Gasteiger charge is 1.97. The van der Waals surface area contributed by atoms with Crippen LogP contribution in [0.2, 0.25) is 10.0 Å².